The first kappa shape index (κ1) is 16.8. The molecule has 1 unspecified atom stereocenters. The molecule has 6 nitrogen and oxygen atoms in total. The van der Waals surface area contributed by atoms with Crippen molar-refractivity contribution in [2.45, 2.75) is 30.8 Å². The van der Waals surface area contributed by atoms with Gasteiger partial charge in [0.25, 0.3) is 5.56 Å². The molecule has 0 saturated carbocycles. The Morgan fingerprint density at radius 2 is 2.12 bits per heavy atom. The standard InChI is InChI=1S/C19H18N4O2S/c1-2-7-26-19-22-17-16(18(25)23-19)13(9-15(24)21-17)12-8-11-5-3-4-6-14(11)20-10-12/h3-6,8,10,13H,2,7,9H2,1H3,(H2,21,22,23,24,25). The number of nitrogens with one attached hydrogen (secondary N) is 2. The van der Waals surface area contributed by atoms with Crippen LogP contribution in [0.15, 0.2) is 46.5 Å². The first-order valence-corrected chi connectivity index (χ1v) is 9.56. The largest absolute Gasteiger partial charge is 0.310 e. The van der Waals surface area contributed by atoms with Gasteiger partial charge in [-0.15, -0.1) is 0 Å². The van der Waals surface area contributed by atoms with Gasteiger partial charge in [0.1, 0.15) is 5.82 Å². The van der Waals surface area contributed by atoms with Crippen LogP contribution < -0.4 is 10.9 Å². The first-order chi connectivity index (χ1) is 12.7. The third kappa shape index (κ3) is 3.10. The minimum Gasteiger partial charge on any atom is -0.310 e. The van der Waals surface area contributed by atoms with Gasteiger partial charge in [0.05, 0.1) is 11.1 Å². The van der Waals surface area contributed by atoms with Crippen molar-refractivity contribution in [1.29, 1.82) is 0 Å². The topological polar surface area (TPSA) is 87.7 Å². The molecule has 1 aliphatic rings. The van der Waals surface area contributed by atoms with E-state index in [-0.39, 0.29) is 23.8 Å². The maximum absolute atomic E-state index is 12.7. The summed E-state index contributed by atoms with van der Waals surface area (Å²) in [5.74, 6) is 0.729. The normalized spacial score (nSPS) is 16.3. The van der Waals surface area contributed by atoms with E-state index in [9.17, 15) is 9.59 Å². The lowest BCUT2D eigenvalue weighted by atomic mass is 9.87. The maximum Gasteiger partial charge on any atom is 0.257 e. The third-order valence-electron chi connectivity index (χ3n) is 4.39. The predicted molar refractivity (Wildman–Crippen MR) is 103 cm³/mol. The highest BCUT2D eigenvalue weighted by Crippen LogP contribution is 2.35. The molecule has 1 aliphatic heterocycles. The number of pyridine rings is 1. The summed E-state index contributed by atoms with van der Waals surface area (Å²) in [6.07, 6.45) is 2.93. The number of H-pyrrole nitrogens is 1. The number of aromatic nitrogens is 3. The molecule has 0 radical (unpaired) electrons. The highest BCUT2D eigenvalue weighted by molar-refractivity contribution is 7.99. The molecule has 3 aromatic rings. The van der Waals surface area contributed by atoms with Crippen LogP contribution in [0, 0.1) is 0 Å². The van der Waals surface area contributed by atoms with Crippen LogP contribution in [0.25, 0.3) is 10.9 Å². The van der Waals surface area contributed by atoms with E-state index >= 15 is 0 Å². The molecule has 2 N–H and O–H groups in total. The molecule has 132 valence electrons. The van der Waals surface area contributed by atoms with Crippen LogP contribution >= 0.6 is 11.8 Å². The summed E-state index contributed by atoms with van der Waals surface area (Å²) in [6.45, 7) is 2.06. The van der Waals surface area contributed by atoms with Crippen molar-refractivity contribution >= 4 is 34.4 Å². The summed E-state index contributed by atoms with van der Waals surface area (Å²) in [7, 11) is 0. The minimum absolute atomic E-state index is 0.139. The smallest absolute Gasteiger partial charge is 0.257 e. The van der Waals surface area contributed by atoms with Crippen molar-refractivity contribution in [3.63, 3.8) is 0 Å². The quantitative estimate of drug-likeness (QED) is 0.546. The van der Waals surface area contributed by atoms with E-state index in [0.29, 0.717) is 16.5 Å². The van der Waals surface area contributed by atoms with Gasteiger partial charge in [-0.05, 0) is 24.1 Å². The van der Waals surface area contributed by atoms with Crippen molar-refractivity contribution in [2.24, 2.45) is 0 Å². The molecule has 0 bridgehead atoms. The summed E-state index contributed by atoms with van der Waals surface area (Å²) >= 11 is 1.48. The zero-order valence-corrected chi connectivity index (χ0v) is 15.1. The van der Waals surface area contributed by atoms with Crippen LogP contribution in [-0.4, -0.2) is 26.6 Å². The Hall–Kier alpha value is -2.67. The molecule has 1 aromatic carbocycles. The fraction of sp³-hybridized carbons (Fsp3) is 0.263. The van der Waals surface area contributed by atoms with Gasteiger partial charge in [0, 0.05) is 29.7 Å². The number of rotatable bonds is 4. The van der Waals surface area contributed by atoms with Gasteiger partial charge in [-0.2, -0.15) is 0 Å². The molecule has 1 amide bonds. The Morgan fingerprint density at radius 3 is 2.96 bits per heavy atom. The summed E-state index contributed by atoms with van der Waals surface area (Å²) in [5, 5.41) is 4.27. The monoisotopic (exact) mass is 366 g/mol. The second-order valence-corrected chi connectivity index (χ2v) is 7.33. The summed E-state index contributed by atoms with van der Waals surface area (Å²) < 4.78 is 0. The van der Waals surface area contributed by atoms with Crippen molar-refractivity contribution in [3.8, 4) is 0 Å². The number of hydrogen-bond donors (Lipinski definition) is 2. The van der Waals surface area contributed by atoms with E-state index < -0.39 is 0 Å². The molecule has 3 heterocycles. The van der Waals surface area contributed by atoms with E-state index in [1.54, 1.807) is 6.20 Å². The number of carbonyl (C=O) groups is 1. The molecular weight excluding hydrogens is 348 g/mol. The summed E-state index contributed by atoms with van der Waals surface area (Å²) in [6, 6.07) is 9.78. The van der Waals surface area contributed by atoms with Crippen molar-refractivity contribution < 1.29 is 4.79 Å². The van der Waals surface area contributed by atoms with Crippen LogP contribution in [0.3, 0.4) is 0 Å². The van der Waals surface area contributed by atoms with E-state index in [0.717, 1.165) is 28.6 Å². The SMILES string of the molecule is CCCSc1nc2c(c(=O)[nH]1)C(c1cnc3ccccc3c1)CC(=O)N2. The lowest BCUT2D eigenvalue weighted by Crippen LogP contribution is -2.31. The van der Waals surface area contributed by atoms with Gasteiger partial charge in [0.15, 0.2) is 5.16 Å². The molecular formula is C19H18N4O2S. The Balaban J connectivity index is 1.81. The highest BCUT2D eigenvalue weighted by Gasteiger charge is 2.31. The maximum atomic E-state index is 12.7. The van der Waals surface area contributed by atoms with Crippen LogP contribution in [0.2, 0.25) is 0 Å². The number of anilines is 1. The predicted octanol–water partition coefficient (Wildman–Crippen LogP) is 3.29. The van der Waals surface area contributed by atoms with Crippen LogP contribution in [0.5, 0.6) is 0 Å². The average molecular weight is 366 g/mol. The van der Waals surface area contributed by atoms with Gasteiger partial charge < -0.3 is 10.3 Å². The van der Waals surface area contributed by atoms with Crippen molar-refractivity contribution in [1.82, 2.24) is 15.0 Å². The fourth-order valence-electron chi connectivity index (χ4n) is 3.18. The molecule has 4 rings (SSSR count). The number of aromatic amines is 1. The van der Waals surface area contributed by atoms with Crippen molar-refractivity contribution in [3.05, 3.63) is 58.0 Å². The van der Waals surface area contributed by atoms with Crippen molar-refractivity contribution in [2.75, 3.05) is 11.1 Å². The molecule has 0 fully saturated rings. The number of benzene rings is 1. The summed E-state index contributed by atoms with van der Waals surface area (Å²) in [5.41, 5.74) is 2.03. The van der Waals surface area contributed by atoms with E-state index in [4.69, 9.17) is 0 Å². The molecule has 26 heavy (non-hydrogen) atoms. The number of fused-ring (bicyclic) bond motifs is 2. The molecule has 0 spiro atoms. The van der Waals surface area contributed by atoms with Gasteiger partial charge in [-0.3, -0.25) is 14.6 Å². The van der Waals surface area contributed by atoms with E-state index in [2.05, 4.69) is 27.2 Å². The lowest BCUT2D eigenvalue weighted by molar-refractivity contribution is -0.116. The highest BCUT2D eigenvalue weighted by atomic mass is 32.2. The Morgan fingerprint density at radius 1 is 1.27 bits per heavy atom. The second-order valence-electron chi connectivity index (χ2n) is 6.25. The molecule has 0 saturated heterocycles. The van der Waals surface area contributed by atoms with Gasteiger partial charge in [-0.25, -0.2) is 4.98 Å². The van der Waals surface area contributed by atoms with Gasteiger partial charge in [0.2, 0.25) is 5.91 Å². The number of para-hydroxylation sites is 1. The Labute approximate surface area is 154 Å². The third-order valence-corrected chi connectivity index (χ3v) is 5.47. The van der Waals surface area contributed by atoms with Crippen LogP contribution in [0.1, 0.15) is 36.8 Å². The number of hydrogen-bond acceptors (Lipinski definition) is 5. The summed E-state index contributed by atoms with van der Waals surface area (Å²) in [4.78, 5) is 36.7. The number of nitrogens with zero attached hydrogens (tertiary/aromatic N) is 2. The Kier molecular flexibility index (Phi) is 4.46. The second kappa shape index (κ2) is 6.92. The fourth-order valence-corrected chi connectivity index (χ4v) is 3.90. The number of thioether (sulfide) groups is 1. The zero-order chi connectivity index (χ0) is 18.1. The van der Waals surface area contributed by atoms with E-state index in [1.807, 2.05) is 30.3 Å². The van der Waals surface area contributed by atoms with Crippen LogP contribution in [0.4, 0.5) is 5.82 Å². The average Bonchev–Trinajstić information content (AvgIpc) is 2.65. The van der Waals surface area contributed by atoms with Crippen LogP contribution in [-0.2, 0) is 4.79 Å². The first-order valence-electron chi connectivity index (χ1n) is 8.57. The minimum atomic E-state index is -0.350. The van der Waals surface area contributed by atoms with E-state index in [1.165, 1.54) is 11.8 Å². The zero-order valence-electron chi connectivity index (χ0n) is 14.3. The molecule has 0 aliphatic carbocycles. The molecule has 7 heteroatoms. The molecule has 2 aromatic heterocycles. The Bertz CT molecular complexity index is 1050. The lowest BCUT2D eigenvalue weighted by Gasteiger charge is -2.24. The number of amides is 1. The number of carbonyl (C=O) groups excluding carboxylic acids is 1. The van der Waals surface area contributed by atoms with Gasteiger partial charge in [-0.1, -0.05) is 36.9 Å². The molecule has 1 atom stereocenters. The van der Waals surface area contributed by atoms with Gasteiger partial charge >= 0.3 is 0 Å².